The van der Waals surface area contributed by atoms with Crippen LogP contribution in [0, 0.1) is 0 Å². The Labute approximate surface area is 79.7 Å². The van der Waals surface area contributed by atoms with E-state index in [4.69, 9.17) is 9.47 Å². The third kappa shape index (κ3) is 9.08. The highest BCUT2D eigenvalue weighted by atomic mass is 16.5. The summed E-state index contributed by atoms with van der Waals surface area (Å²) in [5.74, 6) is -0.357. The Morgan fingerprint density at radius 1 is 1.38 bits per heavy atom. The predicted octanol–water partition coefficient (Wildman–Crippen LogP) is 1.92. The molecule has 3 heteroatoms. The van der Waals surface area contributed by atoms with Crippen LogP contribution in [-0.2, 0) is 14.3 Å². The third-order valence-corrected chi connectivity index (χ3v) is 1.40. The number of hydrogen-bond acceptors (Lipinski definition) is 3. The molecule has 0 aliphatic rings. The van der Waals surface area contributed by atoms with Crippen LogP contribution in [0.3, 0.4) is 0 Å². The van der Waals surface area contributed by atoms with Crippen molar-refractivity contribution in [2.75, 3.05) is 13.2 Å². The molecule has 0 aliphatic heterocycles. The lowest BCUT2D eigenvalue weighted by atomic mass is 10.3. The summed E-state index contributed by atoms with van der Waals surface area (Å²) in [5.41, 5.74) is 0. The van der Waals surface area contributed by atoms with Gasteiger partial charge >= 0.3 is 5.97 Å². The highest BCUT2D eigenvalue weighted by molar-refractivity contribution is 5.81. The molecule has 13 heavy (non-hydrogen) atoms. The molecular weight excluding hydrogens is 168 g/mol. The minimum atomic E-state index is -0.357. The quantitative estimate of drug-likeness (QED) is 0.346. The van der Waals surface area contributed by atoms with Crippen molar-refractivity contribution in [3.05, 3.63) is 12.7 Å². The first-order chi connectivity index (χ1) is 6.16. The lowest BCUT2D eigenvalue weighted by Gasteiger charge is -2.06. The number of rotatable bonds is 7. The van der Waals surface area contributed by atoms with E-state index in [9.17, 15) is 4.79 Å². The van der Waals surface area contributed by atoms with E-state index in [1.54, 1.807) is 0 Å². The molecule has 0 radical (unpaired) electrons. The fourth-order valence-corrected chi connectivity index (χ4v) is 0.755. The molecule has 0 saturated carbocycles. The monoisotopic (exact) mass is 186 g/mol. The van der Waals surface area contributed by atoms with Crippen LogP contribution in [0.2, 0.25) is 0 Å². The second-order valence-electron chi connectivity index (χ2n) is 3.00. The summed E-state index contributed by atoms with van der Waals surface area (Å²) in [6.45, 7) is 8.47. The van der Waals surface area contributed by atoms with Crippen molar-refractivity contribution in [1.29, 1.82) is 0 Å². The molecule has 76 valence electrons. The topological polar surface area (TPSA) is 35.5 Å². The van der Waals surface area contributed by atoms with E-state index in [-0.39, 0.29) is 12.1 Å². The largest absolute Gasteiger partial charge is 0.463 e. The molecule has 0 aromatic rings. The first-order valence-electron chi connectivity index (χ1n) is 4.57. The van der Waals surface area contributed by atoms with E-state index in [1.807, 2.05) is 13.8 Å². The summed E-state index contributed by atoms with van der Waals surface area (Å²) >= 11 is 0. The summed E-state index contributed by atoms with van der Waals surface area (Å²) in [7, 11) is 0. The maximum atomic E-state index is 10.6. The summed E-state index contributed by atoms with van der Waals surface area (Å²) in [6, 6.07) is 0. The van der Waals surface area contributed by atoms with Crippen molar-refractivity contribution in [2.45, 2.75) is 32.8 Å². The van der Waals surface area contributed by atoms with E-state index in [2.05, 4.69) is 6.58 Å². The minimum Gasteiger partial charge on any atom is -0.463 e. The van der Waals surface area contributed by atoms with Crippen LogP contribution in [0.25, 0.3) is 0 Å². The Morgan fingerprint density at radius 3 is 2.54 bits per heavy atom. The van der Waals surface area contributed by atoms with Crippen molar-refractivity contribution >= 4 is 5.97 Å². The van der Waals surface area contributed by atoms with Crippen LogP contribution in [0.15, 0.2) is 12.7 Å². The zero-order valence-electron chi connectivity index (χ0n) is 8.41. The lowest BCUT2D eigenvalue weighted by Crippen LogP contribution is -2.06. The van der Waals surface area contributed by atoms with Gasteiger partial charge in [-0.15, -0.1) is 0 Å². The average molecular weight is 186 g/mol. The molecule has 3 nitrogen and oxygen atoms in total. The van der Waals surface area contributed by atoms with Crippen LogP contribution >= 0.6 is 0 Å². The zero-order chi connectivity index (χ0) is 10.1. The first kappa shape index (κ1) is 12.2. The molecule has 0 N–H and O–H groups in total. The van der Waals surface area contributed by atoms with Gasteiger partial charge in [0.25, 0.3) is 0 Å². The maximum Gasteiger partial charge on any atom is 0.330 e. The van der Waals surface area contributed by atoms with Crippen LogP contribution in [-0.4, -0.2) is 25.3 Å². The summed E-state index contributed by atoms with van der Waals surface area (Å²) in [5, 5.41) is 0. The second kappa shape index (κ2) is 7.80. The van der Waals surface area contributed by atoms with Gasteiger partial charge in [-0.05, 0) is 26.7 Å². The molecule has 0 aromatic heterocycles. The normalized spacial score (nSPS) is 10.1. The number of ether oxygens (including phenoxy) is 2. The first-order valence-corrected chi connectivity index (χ1v) is 4.57. The van der Waals surface area contributed by atoms with Crippen LogP contribution in [0.5, 0.6) is 0 Å². The molecule has 0 spiro atoms. The fourth-order valence-electron chi connectivity index (χ4n) is 0.755. The molecular formula is C10H18O3. The van der Waals surface area contributed by atoms with E-state index in [0.717, 1.165) is 19.4 Å². The van der Waals surface area contributed by atoms with Gasteiger partial charge in [-0.2, -0.15) is 0 Å². The van der Waals surface area contributed by atoms with E-state index < -0.39 is 0 Å². The summed E-state index contributed by atoms with van der Waals surface area (Å²) < 4.78 is 10.1. The van der Waals surface area contributed by atoms with Gasteiger partial charge in [0, 0.05) is 12.7 Å². The molecule has 0 saturated heterocycles. The van der Waals surface area contributed by atoms with Gasteiger partial charge in [0.2, 0.25) is 0 Å². The zero-order valence-corrected chi connectivity index (χ0v) is 8.41. The van der Waals surface area contributed by atoms with E-state index in [1.165, 1.54) is 6.08 Å². The second-order valence-corrected chi connectivity index (χ2v) is 3.00. The highest BCUT2D eigenvalue weighted by Crippen LogP contribution is 1.95. The number of esters is 1. The number of carbonyl (C=O) groups excluding carboxylic acids is 1. The molecule has 0 fully saturated rings. The SMILES string of the molecule is C=CC(=O)OCCCCOC(C)C. The third-order valence-electron chi connectivity index (χ3n) is 1.40. The van der Waals surface area contributed by atoms with Crippen molar-refractivity contribution in [3.8, 4) is 0 Å². The molecule has 0 rings (SSSR count). The van der Waals surface area contributed by atoms with Crippen molar-refractivity contribution < 1.29 is 14.3 Å². The molecule has 0 aromatic carbocycles. The minimum absolute atomic E-state index is 0.274. The Bertz CT molecular complexity index is 152. The summed E-state index contributed by atoms with van der Waals surface area (Å²) in [4.78, 5) is 10.6. The molecule has 0 heterocycles. The Morgan fingerprint density at radius 2 is 2.00 bits per heavy atom. The van der Waals surface area contributed by atoms with Gasteiger partial charge in [0.1, 0.15) is 0 Å². The smallest absolute Gasteiger partial charge is 0.330 e. The highest BCUT2D eigenvalue weighted by Gasteiger charge is 1.96. The molecule has 0 aliphatic carbocycles. The van der Waals surface area contributed by atoms with Gasteiger partial charge in [-0.1, -0.05) is 6.58 Å². The fraction of sp³-hybridized carbons (Fsp3) is 0.700. The molecule has 0 bridgehead atoms. The van der Waals surface area contributed by atoms with Crippen LogP contribution in [0.1, 0.15) is 26.7 Å². The Kier molecular flexibility index (Phi) is 7.30. The summed E-state index contributed by atoms with van der Waals surface area (Å²) in [6.07, 6.45) is 3.20. The number of carbonyl (C=O) groups is 1. The maximum absolute atomic E-state index is 10.6. The van der Waals surface area contributed by atoms with Gasteiger partial charge in [0.05, 0.1) is 12.7 Å². The van der Waals surface area contributed by atoms with Crippen molar-refractivity contribution in [3.63, 3.8) is 0 Å². The van der Waals surface area contributed by atoms with Crippen molar-refractivity contribution in [2.24, 2.45) is 0 Å². The predicted molar refractivity (Wildman–Crippen MR) is 51.5 cm³/mol. The van der Waals surface area contributed by atoms with Gasteiger partial charge in [-0.25, -0.2) is 4.79 Å². The Balaban J connectivity index is 3.08. The van der Waals surface area contributed by atoms with Gasteiger partial charge in [0.15, 0.2) is 0 Å². The molecule has 0 atom stereocenters. The van der Waals surface area contributed by atoms with E-state index >= 15 is 0 Å². The Hall–Kier alpha value is -0.830. The standard InChI is InChI=1S/C10H18O3/c1-4-10(11)13-8-6-5-7-12-9(2)3/h4,9H,1,5-8H2,2-3H3. The van der Waals surface area contributed by atoms with Crippen LogP contribution < -0.4 is 0 Å². The number of unbranched alkanes of at least 4 members (excludes halogenated alkanes) is 1. The molecule has 0 unspecified atom stereocenters. The van der Waals surface area contributed by atoms with Gasteiger partial charge in [-0.3, -0.25) is 0 Å². The van der Waals surface area contributed by atoms with Crippen molar-refractivity contribution in [1.82, 2.24) is 0 Å². The average Bonchev–Trinajstić information content (AvgIpc) is 2.10. The van der Waals surface area contributed by atoms with E-state index in [0.29, 0.717) is 6.61 Å². The van der Waals surface area contributed by atoms with Crippen LogP contribution in [0.4, 0.5) is 0 Å². The van der Waals surface area contributed by atoms with Gasteiger partial charge < -0.3 is 9.47 Å². The number of hydrogen-bond donors (Lipinski definition) is 0. The molecule has 0 amide bonds. The lowest BCUT2D eigenvalue weighted by molar-refractivity contribution is -0.137.